The minimum absolute atomic E-state index is 0.0400. The lowest BCUT2D eigenvalue weighted by atomic mass is 9.81. The second-order valence-corrected chi connectivity index (χ2v) is 4.28. The SMILES string of the molecule is O=C(O)C1(Cc2cccc(F)c2F)CCOC1. The van der Waals surface area contributed by atoms with Crippen molar-refractivity contribution in [1.29, 1.82) is 0 Å². The molecule has 0 aromatic heterocycles. The fraction of sp³-hybridized carbons (Fsp3) is 0.417. The van der Waals surface area contributed by atoms with Gasteiger partial charge in [0.1, 0.15) is 0 Å². The Bertz CT molecular complexity index is 439. The summed E-state index contributed by atoms with van der Waals surface area (Å²) in [5.74, 6) is -2.96. The van der Waals surface area contributed by atoms with Gasteiger partial charge in [-0.25, -0.2) is 8.78 Å². The molecule has 2 rings (SSSR count). The van der Waals surface area contributed by atoms with Gasteiger partial charge in [-0.15, -0.1) is 0 Å². The van der Waals surface area contributed by atoms with E-state index in [9.17, 15) is 18.7 Å². The van der Waals surface area contributed by atoms with Crippen LogP contribution in [0.15, 0.2) is 18.2 Å². The van der Waals surface area contributed by atoms with Crippen LogP contribution in [0.2, 0.25) is 0 Å². The lowest BCUT2D eigenvalue weighted by Crippen LogP contribution is -2.34. The standard InChI is InChI=1S/C12H12F2O3/c13-9-3-1-2-8(10(9)14)6-12(11(15)16)4-5-17-7-12/h1-3H,4-7H2,(H,15,16). The molecule has 0 radical (unpaired) electrons. The normalized spacial score (nSPS) is 23.9. The number of benzene rings is 1. The van der Waals surface area contributed by atoms with Gasteiger partial charge in [-0.05, 0) is 24.5 Å². The van der Waals surface area contributed by atoms with Crippen molar-refractivity contribution in [3.63, 3.8) is 0 Å². The molecule has 92 valence electrons. The summed E-state index contributed by atoms with van der Waals surface area (Å²) in [6.07, 6.45) is 0.268. The summed E-state index contributed by atoms with van der Waals surface area (Å²) >= 11 is 0. The zero-order chi connectivity index (χ0) is 12.5. The number of carbonyl (C=O) groups is 1. The van der Waals surface area contributed by atoms with Crippen LogP contribution in [0.5, 0.6) is 0 Å². The van der Waals surface area contributed by atoms with Gasteiger partial charge in [-0.3, -0.25) is 4.79 Å². The third-order valence-electron chi connectivity index (χ3n) is 3.12. The second-order valence-electron chi connectivity index (χ2n) is 4.28. The number of carboxylic acids is 1. The zero-order valence-electron chi connectivity index (χ0n) is 9.08. The maximum Gasteiger partial charge on any atom is 0.312 e. The second kappa shape index (κ2) is 4.41. The molecule has 1 fully saturated rings. The molecular formula is C12H12F2O3. The maximum atomic E-state index is 13.5. The van der Waals surface area contributed by atoms with E-state index in [-0.39, 0.29) is 18.6 Å². The van der Waals surface area contributed by atoms with Crippen molar-refractivity contribution in [2.45, 2.75) is 12.8 Å². The number of halogens is 2. The van der Waals surface area contributed by atoms with Crippen LogP contribution < -0.4 is 0 Å². The van der Waals surface area contributed by atoms with E-state index in [1.165, 1.54) is 12.1 Å². The average Bonchev–Trinajstić information content (AvgIpc) is 2.75. The number of hydrogen-bond acceptors (Lipinski definition) is 2. The molecule has 0 aliphatic carbocycles. The van der Waals surface area contributed by atoms with Crippen molar-refractivity contribution in [3.8, 4) is 0 Å². The Morgan fingerprint density at radius 1 is 1.47 bits per heavy atom. The predicted molar refractivity (Wildman–Crippen MR) is 55.6 cm³/mol. The highest BCUT2D eigenvalue weighted by Gasteiger charge is 2.43. The molecule has 17 heavy (non-hydrogen) atoms. The van der Waals surface area contributed by atoms with Crippen molar-refractivity contribution in [2.24, 2.45) is 5.41 Å². The fourth-order valence-electron chi connectivity index (χ4n) is 2.04. The predicted octanol–water partition coefficient (Wildman–Crippen LogP) is 2.00. The van der Waals surface area contributed by atoms with Crippen molar-refractivity contribution >= 4 is 5.97 Å². The first-order valence-electron chi connectivity index (χ1n) is 5.29. The molecule has 3 nitrogen and oxygen atoms in total. The van der Waals surface area contributed by atoms with Crippen molar-refractivity contribution < 1.29 is 23.4 Å². The molecule has 1 aliphatic heterocycles. The average molecular weight is 242 g/mol. The van der Waals surface area contributed by atoms with Gasteiger partial charge in [0.2, 0.25) is 0 Å². The Hall–Kier alpha value is -1.49. The van der Waals surface area contributed by atoms with E-state index >= 15 is 0 Å². The molecule has 1 aromatic carbocycles. The van der Waals surface area contributed by atoms with Crippen LogP contribution in [-0.2, 0) is 16.0 Å². The smallest absolute Gasteiger partial charge is 0.312 e. The van der Waals surface area contributed by atoms with Crippen LogP contribution in [0.25, 0.3) is 0 Å². The quantitative estimate of drug-likeness (QED) is 0.881. The fourth-order valence-corrected chi connectivity index (χ4v) is 2.04. The largest absolute Gasteiger partial charge is 0.481 e. The molecule has 1 atom stereocenters. The number of ether oxygens (including phenoxy) is 1. The Morgan fingerprint density at radius 3 is 2.82 bits per heavy atom. The van der Waals surface area contributed by atoms with Crippen LogP contribution in [0, 0.1) is 17.0 Å². The van der Waals surface area contributed by atoms with Crippen LogP contribution in [0.4, 0.5) is 8.78 Å². The summed E-state index contributed by atoms with van der Waals surface area (Å²) in [7, 11) is 0. The van der Waals surface area contributed by atoms with Gasteiger partial charge in [0.25, 0.3) is 0 Å². The van der Waals surface area contributed by atoms with E-state index in [2.05, 4.69) is 0 Å². The van der Waals surface area contributed by atoms with E-state index in [4.69, 9.17) is 4.74 Å². The Kier molecular flexibility index (Phi) is 3.11. The maximum absolute atomic E-state index is 13.5. The molecule has 1 aliphatic rings. The molecule has 0 amide bonds. The minimum atomic E-state index is -1.13. The summed E-state index contributed by atoms with van der Waals surface area (Å²) in [6, 6.07) is 3.79. The van der Waals surface area contributed by atoms with E-state index in [0.29, 0.717) is 13.0 Å². The lowest BCUT2D eigenvalue weighted by molar-refractivity contribution is -0.148. The highest BCUT2D eigenvalue weighted by molar-refractivity contribution is 5.75. The topological polar surface area (TPSA) is 46.5 Å². The first-order chi connectivity index (χ1) is 8.05. The third-order valence-corrected chi connectivity index (χ3v) is 3.12. The number of hydrogen-bond donors (Lipinski definition) is 1. The van der Waals surface area contributed by atoms with Gasteiger partial charge in [-0.2, -0.15) is 0 Å². The van der Waals surface area contributed by atoms with E-state index in [0.717, 1.165) is 6.07 Å². The lowest BCUT2D eigenvalue weighted by Gasteiger charge is -2.22. The van der Waals surface area contributed by atoms with Crippen LogP contribution >= 0.6 is 0 Å². The molecule has 0 spiro atoms. The summed E-state index contributed by atoms with van der Waals surface area (Å²) in [6.45, 7) is 0.377. The van der Waals surface area contributed by atoms with Crippen molar-refractivity contribution in [1.82, 2.24) is 0 Å². The molecule has 5 heteroatoms. The summed E-state index contributed by atoms with van der Waals surface area (Å²) in [4.78, 5) is 11.2. The third kappa shape index (κ3) is 2.15. The van der Waals surface area contributed by atoms with Crippen LogP contribution in [0.3, 0.4) is 0 Å². The minimum Gasteiger partial charge on any atom is -0.481 e. The first kappa shape index (κ1) is 12.0. The van der Waals surface area contributed by atoms with E-state index in [1.807, 2.05) is 0 Å². The highest BCUT2D eigenvalue weighted by atomic mass is 19.2. The summed E-state index contributed by atoms with van der Waals surface area (Å²) in [5.41, 5.74) is -1.05. The van der Waals surface area contributed by atoms with Gasteiger partial charge in [0, 0.05) is 6.61 Å². The monoisotopic (exact) mass is 242 g/mol. The van der Waals surface area contributed by atoms with Crippen LogP contribution in [0.1, 0.15) is 12.0 Å². The van der Waals surface area contributed by atoms with Gasteiger partial charge in [0.15, 0.2) is 11.6 Å². The number of aliphatic carboxylic acids is 1. The summed E-state index contributed by atoms with van der Waals surface area (Å²) < 4.78 is 31.6. The molecule has 1 N–H and O–H groups in total. The summed E-state index contributed by atoms with van der Waals surface area (Å²) in [5, 5.41) is 9.19. The molecule has 0 bridgehead atoms. The Balaban J connectivity index is 2.30. The molecular weight excluding hydrogens is 230 g/mol. The van der Waals surface area contributed by atoms with Crippen molar-refractivity contribution in [2.75, 3.05) is 13.2 Å². The zero-order valence-corrected chi connectivity index (χ0v) is 9.08. The van der Waals surface area contributed by atoms with Crippen LogP contribution in [-0.4, -0.2) is 24.3 Å². The molecule has 1 saturated heterocycles. The molecule has 0 saturated carbocycles. The molecule has 1 aromatic rings. The van der Waals surface area contributed by atoms with Gasteiger partial charge < -0.3 is 9.84 Å². The van der Waals surface area contributed by atoms with E-state index < -0.39 is 23.0 Å². The highest BCUT2D eigenvalue weighted by Crippen LogP contribution is 2.34. The van der Waals surface area contributed by atoms with Crippen molar-refractivity contribution in [3.05, 3.63) is 35.4 Å². The van der Waals surface area contributed by atoms with E-state index in [1.54, 1.807) is 0 Å². The molecule has 1 heterocycles. The first-order valence-corrected chi connectivity index (χ1v) is 5.29. The Morgan fingerprint density at radius 2 is 2.24 bits per heavy atom. The Labute approximate surface area is 97.0 Å². The van der Waals surface area contributed by atoms with Gasteiger partial charge in [-0.1, -0.05) is 12.1 Å². The number of rotatable bonds is 3. The molecule has 1 unspecified atom stereocenters. The van der Waals surface area contributed by atoms with Gasteiger partial charge in [0.05, 0.1) is 12.0 Å². The van der Waals surface area contributed by atoms with Gasteiger partial charge >= 0.3 is 5.97 Å². The number of carboxylic acid groups (broad SMARTS) is 1.